The molecule has 0 bridgehead atoms. The number of hydrogen-bond donors (Lipinski definition) is 1. The summed E-state index contributed by atoms with van der Waals surface area (Å²) in [7, 11) is 0. The summed E-state index contributed by atoms with van der Waals surface area (Å²) in [6.45, 7) is 2.05. The number of thiol groups is 1. The van der Waals surface area contributed by atoms with E-state index in [-0.39, 0.29) is 0 Å². The maximum absolute atomic E-state index is 4.30. The highest BCUT2D eigenvalue weighted by Crippen LogP contribution is 2.16. The van der Waals surface area contributed by atoms with E-state index in [0.717, 1.165) is 22.7 Å². The second-order valence-corrected chi connectivity index (χ2v) is 3.74. The topological polar surface area (TPSA) is 25.8 Å². The van der Waals surface area contributed by atoms with Crippen molar-refractivity contribution in [3.05, 3.63) is 47.8 Å². The molecule has 0 fully saturated rings. The van der Waals surface area contributed by atoms with Crippen molar-refractivity contribution < 1.29 is 0 Å². The van der Waals surface area contributed by atoms with Crippen molar-refractivity contribution in [3.63, 3.8) is 0 Å². The van der Waals surface area contributed by atoms with Gasteiger partial charge in [0.15, 0.2) is 0 Å². The number of nitrogens with zero attached hydrogens (tertiary/aromatic N) is 2. The van der Waals surface area contributed by atoms with Crippen LogP contribution in [0.4, 0.5) is 0 Å². The van der Waals surface area contributed by atoms with Gasteiger partial charge in [-0.05, 0) is 42.3 Å². The molecular weight excluding hydrogens is 204 g/mol. The number of rotatable bonds is 2. The first kappa shape index (κ1) is 10.2. The Hall–Kier alpha value is -1.35. The minimum atomic E-state index is 0.724. The second-order valence-electron chi connectivity index (χ2n) is 3.43. The lowest BCUT2D eigenvalue weighted by molar-refractivity contribution is 1.21. The molecule has 2 heterocycles. The van der Waals surface area contributed by atoms with Crippen LogP contribution < -0.4 is 0 Å². The Morgan fingerprint density at radius 2 is 1.73 bits per heavy atom. The Morgan fingerprint density at radius 3 is 2.40 bits per heavy atom. The first-order valence-corrected chi connectivity index (χ1v) is 5.41. The molecule has 15 heavy (non-hydrogen) atoms. The number of pyridine rings is 2. The average molecular weight is 216 g/mol. The molecule has 76 valence electrons. The van der Waals surface area contributed by atoms with Crippen molar-refractivity contribution >= 4 is 12.6 Å². The van der Waals surface area contributed by atoms with Gasteiger partial charge in [-0.15, -0.1) is 0 Å². The third-order valence-electron chi connectivity index (χ3n) is 2.18. The van der Waals surface area contributed by atoms with E-state index in [1.807, 2.05) is 31.2 Å². The van der Waals surface area contributed by atoms with Crippen molar-refractivity contribution in [2.24, 2.45) is 0 Å². The Balaban J connectivity index is 2.44. The molecule has 0 atom stereocenters. The Kier molecular flexibility index (Phi) is 3.02. The van der Waals surface area contributed by atoms with Crippen LogP contribution in [0.1, 0.15) is 11.1 Å². The van der Waals surface area contributed by atoms with E-state index in [0.29, 0.717) is 0 Å². The van der Waals surface area contributed by atoms with Gasteiger partial charge >= 0.3 is 0 Å². The first-order valence-electron chi connectivity index (χ1n) is 4.78. The second kappa shape index (κ2) is 4.45. The lowest BCUT2D eigenvalue weighted by Gasteiger charge is -2.02. The number of aryl methyl sites for hydroxylation is 1. The number of hydrogen-bond acceptors (Lipinski definition) is 3. The van der Waals surface area contributed by atoms with Gasteiger partial charge in [0.05, 0.1) is 11.4 Å². The predicted octanol–water partition coefficient (Wildman–Crippen LogP) is 2.88. The molecule has 2 nitrogen and oxygen atoms in total. The summed E-state index contributed by atoms with van der Waals surface area (Å²) in [6.07, 6.45) is 3.60. The summed E-state index contributed by atoms with van der Waals surface area (Å²) in [5, 5.41) is 0. The van der Waals surface area contributed by atoms with Crippen LogP contribution in [-0.2, 0) is 5.75 Å². The molecule has 0 saturated carbocycles. The monoisotopic (exact) mass is 216 g/mol. The van der Waals surface area contributed by atoms with Crippen molar-refractivity contribution in [2.75, 3.05) is 0 Å². The number of aromatic nitrogens is 2. The maximum atomic E-state index is 4.30. The van der Waals surface area contributed by atoms with Gasteiger partial charge in [0, 0.05) is 18.1 Å². The van der Waals surface area contributed by atoms with E-state index in [4.69, 9.17) is 0 Å². The summed E-state index contributed by atoms with van der Waals surface area (Å²) in [5.41, 5.74) is 4.17. The van der Waals surface area contributed by atoms with Crippen molar-refractivity contribution in [3.8, 4) is 11.4 Å². The molecule has 3 heteroatoms. The smallest absolute Gasteiger partial charge is 0.0889 e. The van der Waals surface area contributed by atoms with Gasteiger partial charge in [-0.3, -0.25) is 9.97 Å². The molecule has 0 N–H and O–H groups in total. The third kappa shape index (κ3) is 2.36. The molecule has 2 aromatic rings. The van der Waals surface area contributed by atoms with Crippen LogP contribution in [0.3, 0.4) is 0 Å². The first-order chi connectivity index (χ1) is 7.29. The minimum absolute atomic E-state index is 0.724. The summed E-state index contributed by atoms with van der Waals surface area (Å²) in [4.78, 5) is 8.60. The molecule has 0 radical (unpaired) electrons. The standard InChI is InChI=1S/C12H12N2S/c1-9-2-4-13-11(6-9)12-7-10(8-15)3-5-14-12/h2-7,15H,8H2,1H3. The zero-order valence-electron chi connectivity index (χ0n) is 8.51. The van der Waals surface area contributed by atoms with E-state index in [1.54, 1.807) is 12.4 Å². The van der Waals surface area contributed by atoms with Crippen LogP contribution >= 0.6 is 12.6 Å². The fourth-order valence-corrected chi connectivity index (χ4v) is 1.59. The fourth-order valence-electron chi connectivity index (χ4n) is 1.39. The summed E-state index contributed by atoms with van der Waals surface area (Å²) < 4.78 is 0. The van der Waals surface area contributed by atoms with E-state index < -0.39 is 0 Å². The third-order valence-corrected chi connectivity index (χ3v) is 2.55. The van der Waals surface area contributed by atoms with E-state index in [2.05, 4.69) is 22.6 Å². The maximum Gasteiger partial charge on any atom is 0.0889 e. The van der Waals surface area contributed by atoms with Crippen LogP contribution in [0.15, 0.2) is 36.7 Å². The molecule has 0 saturated heterocycles. The van der Waals surface area contributed by atoms with Gasteiger partial charge in [-0.1, -0.05) is 0 Å². The molecule has 0 amide bonds. The molecule has 0 unspecified atom stereocenters. The highest BCUT2D eigenvalue weighted by Gasteiger charge is 2.01. The molecule has 0 aliphatic carbocycles. The summed E-state index contributed by atoms with van der Waals surface area (Å²) >= 11 is 4.24. The van der Waals surface area contributed by atoms with Gasteiger partial charge in [0.25, 0.3) is 0 Å². The summed E-state index contributed by atoms with van der Waals surface area (Å²) in [5.74, 6) is 0.724. The van der Waals surface area contributed by atoms with Crippen molar-refractivity contribution in [2.45, 2.75) is 12.7 Å². The Labute approximate surface area is 94.8 Å². The highest BCUT2D eigenvalue weighted by molar-refractivity contribution is 7.79. The zero-order valence-corrected chi connectivity index (χ0v) is 9.41. The van der Waals surface area contributed by atoms with Gasteiger partial charge in [0.2, 0.25) is 0 Å². The largest absolute Gasteiger partial charge is 0.255 e. The van der Waals surface area contributed by atoms with Gasteiger partial charge in [-0.2, -0.15) is 12.6 Å². The molecule has 0 aliphatic heterocycles. The average Bonchev–Trinajstić information content (AvgIpc) is 2.29. The van der Waals surface area contributed by atoms with Crippen LogP contribution in [0.5, 0.6) is 0 Å². The van der Waals surface area contributed by atoms with E-state index in [1.165, 1.54) is 5.56 Å². The fraction of sp³-hybridized carbons (Fsp3) is 0.167. The quantitative estimate of drug-likeness (QED) is 0.781. The molecule has 0 aliphatic rings. The Morgan fingerprint density at radius 1 is 1.07 bits per heavy atom. The molecule has 2 rings (SSSR count). The lowest BCUT2D eigenvalue weighted by Crippen LogP contribution is -1.89. The summed E-state index contributed by atoms with van der Waals surface area (Å²) in [6, 6.07) is 8.00. The van der Waals surface area contributed by atoms with Crippen LogP contribution in [0.25, 0.3) is 11.4 Å². The van der Waals surface area contributed by atoms with Gasteiger partial charge in [-0.25, -0.2) is 0 Å². The molecule has 2 aromatic heterocycles. The van der Waals surface area contributed by atoms with Gasteiger partial charge < -0.3 is 0 Å². The SMILES string of the molecule is Cc1ccnc(-c2cc(CS)ccn2)c1. The zero-order chi connectivity index (χ0) is 10.7. The van der Waals surface area contributed by atoms with E-state index >= 15 is 0 Å². The normalized spacial score (nSPS) is 10.3. The van der Waals surface area contributed by atoms with Crippen LogP contribution in [0, 0.1) is 6.92 Å². The van der Waals surface area contributed by atoms with Crippen molar-refractivity contribution in [1.29, 1.82) is 0 Å². The van der Waals surface area contributed by atoms with Crippen LogP contribution in [0.2, 0.25) is 0 Å². The molecular formula is C12H12N2S. The molecule has 0 aromatic carbocycles. The lowest BCUT2D eigenvalue weighted by atomic mass is 10.1. The van der Waals surface area contributed by atoms with Crippen molar-refractivity contribution in [1.82, 2.24) is 9.97 Å². The Bertz CT molecular complexity index is 469. The molecule has 0 spiro atoms. The predicted molar refractivity (Wildman–Crippen MR) is 64.9 cm³/mol. The highest BCUT2D eigenvalue weighted by atomic mass is 32.1. The van der Waals surface area contributed by atoms with E-state index in [9.17, 15) is 0 Å². The van der Waals surface area contributed by atoms with Crippen LogP contribution in [-0.4, -0.2) is 9.97 Å². The minimum Gasteiger partial charge on any atom is -0.255 e. The van der Waals surface area contributed by atoms with Gasteiger partial charge in [0.1, 0.15) is 0 Å².